The molecular weight excluding hydrogens is 394 g/mol. The fraction of sp³-hybridized carbons (Fsp3) is 0.375. The van der Waals surface area contributed by atoms with Crippen LogP contribution in [0, 0.1) is 6.92 Å². The minimum atomic E-state index is -1.05. The van der Waals surface area contributed by atoms with Gasteiger partial charge < -0.3 is 15.0 Å². The fourth-order valence-corrected chi connectivity index (χ4v) is 4.24. The van der Waals surface area contributed by atoms with E-state index in [1.54, 1.807) is 29.2 Å². The smallest absolute Gasteiger partial charge is 0.325 e. The number of aryl methyl sites for hydroxylation is 1. The SMILES string of the molecule is CCOc1ccc(C(=O)N2CCC[C@@]3(C2)NC(=O)N(Cc2ccc(C)cc2)C3=O)cc1. The summed E-state index contributed by atoms with van der Waals surface area (Å²) in [5.74, 6) is 0.294. The second kappa shape index (κ2) is 8.41. The highest BCUT2D eigenvalue weighted by atomic mass is 16.5. The first kappa shape index (κ1) is 20.9. The Morgan fingerprint density at radius 3 is 2.48 bits per heavy atom. The fourth-order valence-electron chi connectivity index (χ4n) is 4.24. The van der Waals surface area contributed by atoms with Crippen molar-refractivity contribution in [2.45, 2.75) is 38.8 Å². The molecule has 2 saturated heterocycles. The number of rotatable bonds is 5. The summed E-state index contributed by atoms with van der Waals surface area (Å²) in [5, 5.41) is 2.89. The summed E-state index contributed by atoms with van der Waals surface area (Å²) < 4.78 is 5.43. The molecule has 0 radical (unpaired) electrons. The van der Waals surface area contributed by atoms with Gasteiger partial charge in [0.1, 0.15) is 11.3 Å². The number of nitrogens with zero attached hydrogens (tertiary/aromatic N) is 2. The Bertz CT molecular complexity index is 987. The number of carbonyl (C=O) groups is 3. The number of ether oxygens (including phenoxy) is 1. The maximum absolute atomic E-state index is 13.3. The number of nitrogens with one attached hydrogen (secondary N) is 1. The number of urea groups is 1. The van der Waals surface area contributed by atoms with Gasteiger partial charge in [-0.05, 0) is 56.5 Å². The van der Waals surface area contributed by atoms with Crippen molar-refractivity contribution in [1.82, 2.24) is 15.1 Å². The summed E-state index contributed by atoms with van der Waals surface area (Å²) in [6, 6.07) is 14.3. The Kier molecular flexibility index (Phi) is 5.67. The van der Waals surface area contributed by atoms with E-state index in [-0.39, 0.29) is 24.9 Å². The minimum absolute atomic E-state index is 0.152. The number of amides is 4. The summed E-state index contributed by atoms with van der Waals surface area (Å²) in [6.45, 7) is 5.40. The van der Waals surface area contributed by atoms with Gasteiger partial charge in [0.25, 0.3) is 11.8 Å². The van der Waals surface area contributed by atoms with E-state index < -0.39 is 11.6 Å². The van der Waals surface area contributed by atoms with E-state index >= 15 is 0 Å². The van der Waals surface area contributed by atoms with Gasteiger partial charge in [-0.3, -0.25) is 14.5 Å². The van der Waals surface area contributed by atoms with Crippen LogP contribution >= 0.6 is 0 Å². The number of likely N-dealkylation sites (tertiary alicyclic amines) is 1. The molecule has 1 atom stereocenters. The molecule has 4 rings (SSSR count). The highest BCUT2D eigenvalue weighted by Gasteiger charge is 2.53. The molecular formula is C24H27N3O4. The molecule has 4 amide bonds. The average Bonchev–Trinajstić information content (AvgIpc) is 2.99. The van der Waals surface area contributed by atoms with E-state index in [0.717, 1.165) is 11.1 Å². The average molecular weight is 421 g/mol. The number of imide groups is 1. The summed E-state index contributed by atoms with van der Waals surface area (Å²) in [7, 11) is 0. The van der Waals surface area contributed by atoms with Gasteiger partial charge in [0.15, 0.2) is 0 Å². The Labute approximate surface area is 182 Å². The largest absolute Gasteiger partial charge is 0.494 e. The number of carbonyl (C=O) groups excluding carboxylic acids is 3. The van der Waals surface area contributed by atoms with E-state index in [9.17, 15) is 14.4 Å². The predicted molar refractivity (Wildman–Crippen MR) is 116 cm³/mol. The molecule has 2 aliphatic rings. The van der Waals surface area contributed by atoms with Gasteiger partial charge in [-0.2, -0.15) is 0 Å². The third-order valence-corrected chi connectivity index (χ3v) is 5.90. The van der Waals surface area contributed by atoms with Crippen LogP contribution in [0.2, 0.25) is 0 Å². The molecule has 1 N–H and O–H groups in total. The number of benzene rings is 2. The van der Waals surface area contributed by atoms with Crippen molar-refractivity contribution in [3.8, 4) is 5.75 Å². The lowest BCUT2D eigenvalue weighted by molar-refractivity contribution is -0.133. The van der Waals surface area contributed by atoms with Crippen LogP contribution in [0.3, 0.4) is 0 Å². The maximum atomic E-state index is 13.3. The lowest BCUT2D eigenvalue weighted by atomic mass is 9.88. The van der Waals surface area contributed by atoms with Crippen molar-refractivity contribution in [2.75, 3.05) is 19.7 Å². The van der Waals surface area contributed by atoms with Gasteiger partial charge in [0, 0.05) is 12.1 Å². The first-order valence-electron chi connectivity index (χ1n) is 10.6. The van der Waals surface area contributed by atoms with Crippen molar-refractivity contribution < 1.29 is 19.1 Å². The molecule has 2 aliphatic heterocycles. The van der Waals surface area contributed by atoms with Crippen LogP contribution in [0.1, 0.15) is 41.3 Å². The van der Waals surface area contributed by atoms with Crippen molar-refractivity contribution in [3.05, 3.63) is 65.2 Å². The predicted octanol–water partition coefficient (Wildman–Crippen LogP) is 3.12. The maximum Gasteiger partial charge on any atom is 0.325 e. The molecule has 0 saturated carbocycles. The molecule has 2 aromatic rings. The standard InChI is InChI=1S/C24H27N3O4/c1-3-31-20-11-9-19(10-12-20)21(28)26-14-4-13-24(16-26)22(29)27(23(30)25-24)15-18-7-5-17(2)6-8-18/h5-12H,3-4,13-16H2,1-2H3,(H,25,30)/t24-/m0/s1. The number of hydrogen-bond acceptors (Lipinski definition) is 4. The first-order valence-corrected chi connectivity index (χ1v) is 10.6. The zero-order chi connectivity index (χ0) is 22.0. The zero-order valence-corrected chi connectivity index (χ0v) is 17.9. The van der Waals surface area contributed by atoms with E-state index in [1.807, 2.05) is 38.1 Å². The van der Waals surface area contributed by atoms with Gasteiger partial charge >= 0.3 is 6.03 Å². The summed E-state index contributed by atoms with van der Waals surface area (Å²) in [5.41, 5.74) is 1.49. The Balaban J connectivity index is 1.48. The van der Waals surface area contributed by atoms with Crippen molar-refractivity contribution in [2.24, 2.45) is 0 Å². The third-order valence-electron chi connectivity index (χ3n) is 5.90. The lowest BCUT2D eigenvalue weighted by Crippen LogP contribution is -2.59. The highest BCUT2D eigenvalue weighted by molar-refractivity contribution is 6.07. The molecule has 31 heavy (non-hydrogen) atoms. The molecule has 2 aromatic carbocycles. The van der Waals surface area contributed by atoms with Crippen molar-refractivity contribution >= 4 is 17.8 Å². The second-order valence-corrected chi connectivity index (χ2v) is 8.18. The normalized spacial score (nSPS) is 20.8. The molecule has 0 aliphatic carbocycles. The zero-order valence-electron chi connectivity index (χ0n) is 17.9. The summed E-state index contributed by atoms with van der Waals surface area (Å²) in [6.07, 6.45) is 1.17. The van der Waals surface area contributed by atoms with Gasteiger partial charge in [0.05, 0.1) is 19.7 Å². The first-order chi connectivity index (χ1) is 14.9. The second-order valence-electron chi connectivity index (χ2n) is 8.18. The van der Waals surface area contributed by atoms with Crippen molar-refractivity contribution in [3.63, 3.8) is 0 Å². The van der Waals surface area contributed by atoms with Gasteiger partial charge in [-0.25, -0.2) is 4.79 Å². The monoisotopic (exact) mass is 421 g/mol. The molecule has 2 fully saturated rings. The molecule has 7 nitrogen and oxygen atoms in total. The van der Waals surface area contributed by atoms with Gasteiger partial charge in [-0.1, -0.05) is 29.8 Å². The van der Waals surface area contributed by atoms with E-state index in [2.05, 4.69) is 5.32 Å². The third kappa shape index (κ3) is 4.13. The van der Waals surface area contributed by atoms with Gasteiger partial charge in [-0.15, -0.1) is 0 Å². The van der Waals surface area contributed by atoms with Crippen LogP contribution < -0.4 is 10.1 Å². The minimum Gasteiger partial charge on any atom is -0.494 e. The topological polar surface area (TPSA) is 79.0 Å². The molecule has 162 valence electrons. The van der Waals surface area contributed by atoms with Crippen LogP contribution in [0.4, 0.5) is 4.79 Å². The van der Waals surface area contributed by atoms with Crippen LogP contribution in [0.15, 0.2) is 48.5 Å². The Morgan fingerprint density at radius 1 is 1.10 bits per heavy atom. The van der Waals surface area contributed by atoms with Crippen LogP contribution in [0.5, 0.6) is 5.75 Å². The molecule has 1 spiro atoms. The molecule has 2 heterocycles. The lowest BCUT2D eigenvalue weighted by Gasteiger charge is -2.38. The molecule has 0 unspecified atom stereocenters. The highest BCUT2D eigenvalue weighted by Crippen LogP contribution is 2.30. The van der Waals surface area contributed by atoms with Crippen LogP contribution in [-0.4, -0.2) is 52.9 Å². The number of hydrogen-bond donors (Lipinski definition) is 1. The van der Waals surface area contributed by atoms with E-state index in [0.29, 0.717) is 37.3 Å². The molecule has 7 heteroatoms. The van der Waals surface area contributed by atoms with E-state index in [1.165, 1.54) is 4.90 Å². The summed E-state index contributed by atoms with van der Waals surface area (Å²) >= 11 is 0. The molecule has 0 aromatic heterocycles. The molecule has 0 bridgehead atoms. The Hall–Kier alpha value is -3.35. The van der Waals surface area contributed by atoms with E-state index in [4.69, 9.17) is 4.74 Å². The van der Waals surface area contributed by atoms with Gasteiger partial charge in [0.2, 0.25) is 0 Å². The quantitative estimate of drug-likeness (QED) is 0.753. The van der Waals surface area contributed by atoms with Crippen molar-refractivity contribution in [1.29, 1.82) is 0 Å². The van der Waals surface area contributed by atoms with Crippen LogP contribution in [-0.2, 0) is 11.3 Å². The summed E-state index contributed by atoms with van der Waals surface area (Å²) in [4.78, 5) is 41.9. The number of piperidine rings is 1. The van der Waals surface area contributed by atoms with Crippen LogP contribution in [0.25, 0.3) is 0 Å². The Morgan fingerprint density at radius 2 is 1.81 bits per heavy atom.